The van der Waals surface area contributed by atoms with Gasteiger partial charge in [0.15, 0.2) is 0 Å². The zero-order valence-electron chi connectivity index (χ0n) is 12.2. The number of H-pyrrole nitrogens is 1. The van der Waals surface area contributed by atoms with Crippen molar-refractivity contribution in [3.63, 3.8) is 0 Å². The molecular formula is C17H18N2OS. The van der Waals surface area contributed by atoms with Crippen LogP contribution in [0.5, 0.6) is 0 Å². The van der Waals surface area contributed by atoms with Crippen molar-refractivity contribution in [3.8, 4) is 0 Å². The summed E-state index contributed by atoms with van der Waals surface area (Å²) >= 11 is 1.81. The lowest BCUT2D eigenvalue weighted by Crippen LogP contribution is -2.20. The number of hydrogen-bond acceptors (Lipinski definition) is 3. The molecule has 0 aliphatic rings. The second kappa shape index (κ2) is 5.84. The molecule has 0 atom stereocenters. The number of thiophene rings is 1. The Morgan fingerprint density at radius 1 is 1.14 bits per heavy atom. The number of aromatic amines is 1. The minimum absolute atomic E-state index is 0.0141. The maximum absolute atomic E-state index is 12.0. The molecule has 0 saturated carbocycles. The van der Waals surface area contributed by atoms with Gasteiger partial charge in [0.25, 0.3) is 5.56 Å². The van der Waals surface area contributed by atoms with Gasteiger partial charge in [-0.1, -0.05) is 18.2 Å². The van der Waals surface area contributed by atoms with E-state index in [0.29, 0.717) is 6.54 Å². The van der Waals surface area contributed by atoms with E-state index in [-0.39, 0.29) is 5.56 Å². The predicted molar refractivity (Wildman–Crippen MR) is 88.9 cm³/mol. The van der Waals surface area contributed by atoms with Gasteiger partial charge in [-0.25, -0.2) is 0 Å². The lowest BCUT2D eigenvalue weighted by Gasteiger charge is -2.04. The van der Waals surface area contributed by atoms with Gasteiger partial charge in [0, 0.05) is 33.9 Å². The third-order valence-electron chi connectivity index (χ3n) is 3.66. The van der Waals surface area contributed by atoms with Crippen LogP contribution in [-0.2, 0) is 13.1 Å². The van der Waals surface area contributed by atoms with Crippen LogP contribution in [0.25, 0.3) is 10.9 Å². The molecule has 3 aromatic rings. The first-order chi connectivity index (χ1) is 10.1. The Balaban J connectivity index is 1.73. The average molecular weight is 298 g/mol. The molecule has 2 aromatic heterocycles. The van der Waals surface area contributed by atoms with Crippen LogP contribution in [0.1, 0.15) is 20.9 Å². The van der Waals surface area contributed by atoms with Gasteiger partial charge in [0.05, 0.1) is 0 Å². The van der Waals surface area contributed by atoms with Crippen molar-refractivity contribution in [2.24, 2.45) is 0 Å². The standard InChI is InChI=1S/C17H18N2OS/c1-11-7-15(21-12(11)2)10-18-9-14-8-13-5-3-4-6-16(13)19-17(14)20/h3-8,18H,9-10H2,1-2H3,(H,19,20). The van der Waals surface area contributed by atoms with E-state index in [0.717, 1.165) is 23.0 Å². The van der Waals surface area contributed by atoms with Gasteiger partial charge in [-0.05, 0) is 43.0 Å². The van der Waals surface area contributed by atoms with Crippen LogP contribution in [0.4, 0.5) is 0 Å². The third kappa shape index (κ3) is 3.06. The number of aryl methyl sites for hydroxylation is 2. The molecule has 0 spiro atoms. The zero-order chi connectivity index (χ0) is 14.8. The molecule has 4 heteroatoms. The van der Waals surface area contributed by atoms with Crippen LogP contribution < -0.4 is 10.9 Å². The van der Waals surface area contributed by atoms with E-state index < -0.39 is 0 Å². The third-order valence-corrected chi connectivity index (χ3v) is 4.81. The molecule has 0 aliphatic heterocycles. The summed E-state index contributed by atoms with van der Waals surface area (Å²) in [6, 6.07) is 12.0. The minimum Gasteiger partial charge on any atom is -0.322 e. The normalized spacial score (nSPS) is 11.1. The Labute approximate surface area is 127 Å². The fourth-order valence-corrected chi connectivity index (χ4v) is 3.40. The summed E-state index contributed by atoms with van der Waals surface area (Å²) in [5.41, 5.74) is 2.98. The topological polar surface area (TPSA) is 44.9 Å². The molecule has 3 rings (SSSR count). The molecule has 2 N–H and O–H groups in total. The van der Waals surface area contributed by atoms with Crippen molar-refractivity contribution in [3.05, 3.63) is 67.6 Å². The van der Waals surface area contributed by atoms with Gasteiger partial charge >= 0.3 is 0 Å². The number of pyridine rings is 1. The quantitative estimate of drug-likeness (QED) is 0.774. The monoisotopic (exact) mass is 298 g/mol. The predicted octanol–water partition coefficient (Wildman–Crippen LogP) is 3.50. The van der Waals surface area contributed by atoms with E-state index in [4.69, 9.17) is 0 Å². The highest BCUT2D eigenvalue weighted by Crippen LogP contribution is 2.20. The summed E-state index contributed by atoms with van der Waals surface area (Å²) in [5, 5.41) is 4.42. The zero-order valence-corrected chi connectivity index (χ0v) is 13.0. The second-order valence-electron chi connectivity index (χ2n) is 5.27. The van der Waals surface area contributed by atoms with Gasteiger partial charge in [0.2, 0.25) is 0 Å². The Morgan fingerprint density at radius 2 is 1.95 bits per heavy atom. The molecule has 0 fully saturated rings. The highest BCUT2D eigenvalue weighted by Gasteiger charge is 2.04. The largest absolute Gasteiger partial charge is 0.322 e. The Bertz CT molecular complexity index is 813. The summed E-state index contributed by atoms with van der Waals surface area (Å²) in [6.07, 6.45) is 0. The van der Waals surface area contributed by atoms with Crippen LogP contribution >= 0.6 is 11.3 Å². The van der Waals surface area contributed by atoms with Crippen molar-refractivity contribution >= 4 is 22.2 Å². The van der Waals surface area contributed by atoms with Crippen LogP contribution in [0.15, 0.2) is 41.2 Å². The summed E-state index contributed by atoms with van der Waals surface area (Å²) in [4.78, 5) is 17.6. The van der Waals surface area contributed by atoms with Crippen molar-refractivity contribution in [2.75, 3.05) is 0 Å². The smallest absolute Gasteiger partial charge is 0.252 e. The highest BCUT2D eigenvalue weighted by atomic mass is 32.1. The lowest BCUT2D eigenvalue weighted by atomic mass is 10.1. The van der Waals surface area contributed by atoms with E-state index in [2.05, 4.69) is 30.2 Å². The fraction of sp³-hybridized carbons (Fsp3) is 0.235. The van der Waals surface area contributed by atoms with E-state index in [9.17, 15) is 4.79 Å². The molecule has 2 heterocycles. The number of aromatic nitrogens is 1. The summed E-state index contributed by atoms with van der Waals surface area (Å²) < 4.78 is 0. The molecule has 0 amide bonds. The number of benzene rings is 1. The summed E-state index contributed by atoms with van der Waals surface area (Å²) in [6.45, 7) is 5.64. The van der Waals surface area contributed by atoms with E-state index >= 15 is 0 Å². The van der Waals surface area contributed by atoms with Crippen LogP contribution in [-0.4, -0.2) is 4.98 Å². The van der Waals surface area contributed by atoms with Crippen molar-refractivity contribution in [2.45, 2.75) is 26.9 Å². The molecule has 108 valence electrons. The molecule has 21 heavy (non-hydrogen) atoms. The Morgan fingerprint density at radius 3 is 2.71 bits per heavy atom. The van der Waals surface area contributed by atoms with Gasteiger partial charge in [-0.15, -0.1) is 11.3 Å². The summed E-state index contributed by atoms with van der Waals surface area (Å²) in [7, 11) is 0. The highest BCUT2D eigenvalue weighted by molar-refractivity contribution is 7.12. The van der Waals surface area contributed by atoms with Crippen LogP contribution in [0.2, 0.25) is 0 Å². The van der Waals surface area contributed by atoms with Crippen molar-refractivity contribution in [1.29, 1.82) is 0 Å². The maximum atomic E-state index is 12.0. The number of rotatable bonds is 4. The lowest BCUT2D eigenvalue weighted by molar-refractivity contribution is 0.696. The SMILES string of the molecule is Cc1cc(CNCc2cc3ccccc3[nH]c2=O)sc1C. The molecule has 0 saturated heterocycles. The van der Waals surface area contributed by atoms with Gasteiger partial charge < -0.3 is 10.3 Å². The molecule has 0 bridgehead atoms. The van der Waals surface area contributed by atoms with Gasteiger partial charge in [-0.2, -0.15) is 0 Å². The molecule has 0 aliphatic carbocycles. The van der Waals surface area contributed by atoms with E-state index in [1.54, 1.807) is 0 Å². The summed E-state index contributed by atoms with van der Waals surface area (Å²) in [5.74, 6) is 0. The first-order valence-corrected chi connectivity index (χ1v) is 7.83. The van der Waals surface area contributed by atoms with E-state index in [1.165, 1.54) is 15.3 Å². The van der Waals surface area contributed by atoms with Crippen molar-refractivity contribution in [1.82, 2.24) is 10.3 Å². The first kappa shape index (κ1) is 14.0. The molecule has 1 aromatic carbocycles. The fourth-order valence-electron chi connectivity index (χ4n) is 2.38. The Kier molecular flexibility index (Phi) is 3.90. The van der Waals surface area contributed by atoms with Gasteiger partial charge in [0.1, 0.15) is 0 Å². The van der Waals surface area contributed by atoms with E-state index in [1.807, 2.05) is 41.7 Å². The first-order valence-electron chi connectivity index (χ1n) is 7.01. The van der Waals surface area contributed by atoms with Crippen LogP contribution in [0.3, 0.4) is 0 Å². The molecular weight excluding hydrogens is 280 g/mol. The number of fused-ring (bicyclic) bond motifs is 1. The van der Waals surface area contributed by atoms with Crippen molar-refractivity contribution < 1.29 is 0 Å². The number of para-hydroxylation sites is 1. The average Bonchev–Trinajstić information content (AvgIpc) is 2.78. The maximum Gasteiger partial charge on any atom is 0.252 e. The molecule has 3 nitrogen and oxygen atoms in total. The number of nitrogens with one attached hydrogen (secondary N) is 2. The van der Waals surface area contributed by atoms with Gasteiger partial charge in [-0.3, -0.25) is 4.79 Å². The molecule has 0 radical (unpaired) electrons. The molecule has 0 unspecified atom stereocenters. The Hall–Kier alpha value is -1.91. The minimum atomic E-state index is -0.0141. The number of hydrogen-bond donors (Lipinski definition) is 2. The van der Waals surface area contributed by atoms with Crippen LogP contribution in [0, 0.1) is 13.8 Å². The second-order valence-corrected chi connectivity index (χ2v) is 6.61.